The van der Waals surface area contributed by atoms with Gasteiger partial charge in [-0.2, -0.15) is 0 Å². The zero-order chi connectivity index (χ0) is 28.6. The molecule has 0 radical (unpaired) electrons. The van der Waals surface area contributed by atoms with Gasteiger partial charge < -0.3 is 10.2 Å². The molecule has 0 aliphatic rings. The normalized spacial score (nSPS) is 12.8. The number of anilines is 1. The summed E-state index contributed by atoms with van der Waals surface area (Å²) in [6.45, 7) is 9.16. The van der Waals surface area contributed by atoms with Gasteiger partial charge in [0.15, 0.2) is 0 Å². The Kier molecular flexibility index (Phi) is 10.3. The maximum absolute atomic E-state index is 13.9. The van der Waals surface area contributed by atoms with Crippen molar-refractivity contribution in [2.24, 2.45) is 0 Å². The second-order valence-corrected chi connectivity index (χ2v) is 11.8. The van der Waals surface area contributed by atoms with Crippen LogP contribution in [0.15, 0.2) is 83.8 Å². The Bertz CT molecular complexity index is 1360. The van der Waals surface area contributed by atoms with Crippen LogP contribution in [0.25, 0.3) is 0 Å². The smallest absolute Gasteiger partial charge is 0.264 e. The maximum Gasteiger partial charge on any atom is 0.264 e. The molecule has 1 N–H and O–H groups in total. The van der Waals surface area contributed by atoms with Crippen molar-refractivity contribution in [2.45, 2.75) is 64.4 Å². The molecule has 3 rings (SSSR count). The first-order valence-electron chi connectivity index (χ1n) is 13.3. The number of nitrogens with zero attached hydrogens (tertiary/aromatic N) is 2. The van der Waals surface area contributed by atoms with E-state index in [9.17, 15) is 18.0 Å². The third-order valence-corrected chi connectivity index (χ3v) is 8.62. The minimum absolute atomic E-state index is 0.0447. The molecule has 8 heteroatoms. The summed E-state index contributed by atoms with van der Waals surface area (Å²) in [4.78, 5) is 28.6. The van der Waals surface area contributed by atoms with Crippen LogP contribution in [0, 0.1) is 13.8 Å². The average Bonchev–Trinajstić information content (AvgIpc) is 2.92. The summed E-state index contributed by atoms with van der Waals surface area (Å²) in [6.07, 6.45) is 1.29. The summed E-state index contributed by atoms with van der Waals surface area (Å²) in [5.74, 6) is -0.718. The van der Waals surface area contributed by atoms with E-state index >= 15 is 0 Å². The summed E-state index contributed by atoms with van der Waals surface area (Å²) in [5, 5.41) is 2.95. The molecule has 2 amide bonds. The molecule has 3 aromatic carbocycles. The van der Waals surface area contributed by atoms with Crippen LogP contribution in [0.5, 0.6) is 0 Å². The molecule has 7 nitrogen and oxygen atoms in total. The standard InChI is InChI=1S/C31H39N3O4S/c1-6-25(4)32-31(36)26(5)33(20-19-27-12-8-7-9-13-27)30(35)22-34(28-14-10-11-24(3)21-28)39(37,38)29-17-15-23(2)16-18-29/h7-18,21,25-26H,6,19-20,22H2,1-5H3,(H,32,36)/t25-,26-/m1/s1. The largest absolute Gasteiger partial charge is 0.352 e. The van der Waals surface area contributed by atoms with E-state index in [4.69, 9.17) is 0 Å². The molecule has 0 aliphatic carbocycles. The van der Waals surface area contributed by atoms with Crippen molar-refractivity contribution in [3.05, 3.63) is 95.6 Å². The predicted octanol–water partition coefficient (Wildman–Crippen LogP) is 4.87. The van der Waals surface area contributed by atoms with Gasteiger partial charge in [0.2, 0.25) is 11.8 Å². The van der Waals surface area contributed by atoms with Gasteiger partial charge in [-0.05, 0) is 75.9 Å². The molecular formula is C31H39N3O4S. The number of carbonyl (C=O) groups excluding carboxylic acids is 2. The second kappa shape index (κ2) is 13.4. The number of sulfonamides is 1. The van der Waals surface area contributed by atoms with Crippen LogP contribution in [-0.4, -0.2) is 50.3 Å². The minimum Gasteiger partial charge on any atom is -0.352 e. The third kappa shape index (κ3) is 7.93. The third-order valence-electron chi connectivity index (χ3n) is 6.83. The van der Waals surface area contributed by atoms with Gasteiger partial charge in [-0.15, -0.1) is 0 Å². The lowest BCUT2D eigenvalue weighted by Gasteiger charge is -2.32. The summed E-state index contributed by atoms with van der Waals surface area (Å²) < 4.78 is 28.9. The molecule has 0 fully saturated rings. The molecule has 2 atom stereocenters. The summed E-state index contributed by atoms with van der Waals surface area (Å²) >= 11 is 0. The second-order valence-electron chi connectivity index (χ2n) is 9.98. The van der Waals surface area contributed by atoms with E-state index in [1.54, 1.807) is 49.4 Å². The van der Waals surface area contributed by atoms with Crippen molar-refractivity contribution in [2.75, 3.05) is 17.4 Å². The SMILES string of the molecule is CC[C@@H](C)NC(=O)[C@@H](C)N(CCc1ccccc1)C(=O)CN(c1cccc(C)c1)S(=O)(=O)c1ccc(C)cc1. The van der Waals surface area contributed by atoms with Gasteiger partial charge in [0, 0.05) is 12.6 Å². The monoisotopic (exact) mass is 549 g/mol. The Morgan fingerprint density at radius 1 is 0.872 bits per heavy atom. The van der Waals surface area contributed by atoms with Crippen molar-refractivity contribution >= 4 is 27.5 Å². The summed E-state index contributed by atoms with van der Waals surface area (Å²) in [7, 11) is -4.07. The first-order valence-corrected chi connectivity index (χ1v) is 14.8. The molecule has 0 aliphatic heterocycles. The topological polar surface area (TPSA) is 86.8 Å². The van der Waals surface area contributed by atoms with Gasteiger partial charge in [0.25, 0.3) is 10.0 Å². The van der Waals surface area contributed by atoms with E-state index < -0.39 is 28.5 Å². The molecule has 208 valence electrons. The van der Waals surface area contributed by atoms with Crippen molar-refractivity contribution < 1.29 is 18.0 Å². The van der Waals surface area contributed by atoms with Crippen LogP contribution in [0.1, 0.15) is 43.9 Å². The van der Waals surface area contributed by atoms with Crippen LogP contribution in [0.3, 0.4) is 0 Å². The fourth-order valence-corrected chi connectivity index (χ4v) is 5.59. The molecule has 0 saturated carbocycles. The predicted molar refractivity (Wildman–Crippen MR) is 156 cm³/mol. The van der Waals surface area contributed by atoms with Crippen molar-refractivity contribution in [1.29, 1.82) is 0 Å². The lowest BCUT2D eigenvalue weighted by molar-refractivity contribution is -0.139. The van der Waals surface area contributed by atoms with E-state index in [1.165, 1.54) is 4.90 Å². The van der Waals surface area contributed by atoms with Crippen LogP contribution >= 0.6 is 0 Å². The maximum atomic E-state index is 13.9. The minimum atomic E-state index is -4.07. The first-order chi connectivity index (χ1) is 18.5. The number of carbonyl (C=O) groups is 2. The molecule has 0 spiro atoms. The van der Waals surface area contributed by atoms with Gasteiger partial charge >= 0.3 is 0 Å². The molecule has 3 aromatic rings. The van der Waals surface area contributed by atoms with Crippen LogP contribution in [0.4, 0.5) is 5.69 Å². The van der Waals surface area contributed by atoms with Gasteiger partial charge in [0.05, 0.1) is 10.6 Å². The molecular weight excluding hydrogens is 510 g/mol. The van der Waals surface area contributed by atoms with E-state index in [1.807, 2.05) is 64.1 Å². The van der Waals surface area contributed by atoms with Gasteiger partial charge in [0.1, 0.15) is 12.6 Å². The average molecular weight is 550 g/mol. The fraction of sp³-hybridized carbons (Fsp3) is 0.355. The molecule has 0 heterocycles. The van der Waals surface area contributed by atoms with E-state index in [2.05, 4.69) is 5.32 Å². The number of nitrogens with one attached hydrogen (secondary N) is 1. The Hall–Kier alpha value is -3.65. The Morgan fingerprint density at radius 2 is 1.54 bits per heavy atom. The van der Waals surface area contributed by atoms with E-state index in [-0.39, 0.29) is 23.4 Å². The molecule has 0 aromatic heterocycles. The number of hydrogen-bond donors (Lipinski definition) is 1. The summed E-state index contributed by atoms with van der Waals surface area (Å²) in [6, 6.07) is 22.5. The Labute approximate surface area is 232 Å². The number of amides is 2. The van der Waals surface area contributed by atoms with Gasteiger partial charge in [-0.25, -0.2) is 8.42 Å². The van der Waals surface area contributed by atoms with Crippen molar-refractivity contribution in [1.82, 2.24) is 10.2 Å². The van der Waals surface area contributed by atoms with Crippen molar-refractivity contribution in [3.63, 3.8) is 0 Å². The lowest BCUT2D eigenvalue weighted by Crippen LogP contribution is -2.53. The number of hydrogen-bond acceptors (Lipinski definition) is 4. The first kappa shape index (κ1) is 29.9. The van der Waals surface area contributed by atoms with Gasteiger partial charge in [-0.3, -0.25) is 13.9 Å². The highest BCUT2D eigenvalue weighted by Gasteiger charge is 2.32. The molecule has 0 unspecified atom stereocenters. The van der Waals surface area contributed by atoms with Gasteiger partial charge in [-0.1, -0.05) is 67.1 Å². The molecule has 0 saturated heterocycles. The van der Waals surface area contributed by atoms with Crippen LogP contribution in [-0.2, 0) is 26.0 Å². The number of benzene rings is 3. The highest BCUT2D eigenvalue weighted by molar-refractivity contribution is 7.92. The fourth-order valence-electron chi connectivity index (χ4n) is 4.18. The highest BCUT2D eigenvalue weighted by atomic mass is 32.2. The van der Waals surface area contributed by atoms with E-state index in [0.29, 0.717) is 12.1 Å². The summed E-state index contributed by atoms with van der Waals surface area (Å²) in [5.41, 5.74) is 3.21. The Morgan fingerprint density at radius 3 is 2.15 bits per heavy atom. The van der Waals surface area contributed by atoms with E-state index in [0.717, 1.165) is 27.4 Å². The number of aryl methyl sites for hydroxylation is 2. The zero-order valence-corrected chi connectivity index (χ0v) is 24.2. The number of rotatable bonds is 12. The highest BCUT2D eigenvalue weighted by Crippen LogP contribution is 2.25. The zero-order valence-electron chi connectivity index (χ0n) is 23.4. The quantitative estimate of drug-likeness (QED) is 0.349. The van der Waals surface area contributed by atoms with Crippen LogP contribution < -0.4 is 9.62 Å². The Balaban J connectivity index is 1.97. The lowest BCUT2D eigenvalue weighted by atomic mass is 10.1. The molecule has 39 heavy (non-hydrogen) atoms. The van der Waals surface area contributed by atoms with Crippen LogP contribution in [0.2, 0.25) is 0 Å². The molecule has 0 bridgehead atoms. The van der Waals surface area contributed by atoms with Crippen molar-refractivity contribution in [3.8, 4) is 0 Å².